The second-order valence-electron chi connectivity index (χ2n) is 33.7. The Kier molecular flexibility index (Phi) is 28.8. The molecular weight excluding hydrogens is 1320 g/mol. The molecule has 0 bridgehead atoms. The lowest BCUT2D eigenvalue weighted by molar-refractivity contribution is -0.313. The van der Waals surface area contributed by atoms with E-state index in [4.69, 9.17) is 84.9 Å². The molecule has 101 heavy (non-hydrogen) atoms. The van der Waals surface area contributed by atoms with Gasteiger partial charge in [-0.05, 0) is 159 Å². The van der Waals surface area contributed by atoms with Crippen LogP contribution in [0.2, 0.25) is 0 Å². The molecule has 17 unspecified atom stereocenters. The monoisotopic (exact) mass is 1450 g/mol. The highest BCUT2D eigenvalue weighted by molar-refractivity contribution is 6.55. The Labute approximate surface area is 602 Å². The Morgan fingerprint density at radius 3 is 1.12 bits per heavy atom. The maximum atomic E-state index is 15.4. The van der Waals surface area contributed by atoms with Crippen molar-refractivity contribution in [3.8, 4) is 0 Å². The van der Waals surface area contributed by atoms with Crippen molar-refractivity contribution in [2.45, 2.75) is 334 Å². The number of cyclic esters (lactones) is 2. The first-order valence-electron chi connectivity index (χ1n) is 37.2. The Bertz CT molecular complexity index is 2470. The summed E-state index contributed by atoms with van der Waals surface area (Å²) in [5.74, 6) is -4.99. The molecule has 8 rings (SSSR count). The number of nitrogens with zero attached hydrogens (tertiary/aromatic N) is 2. The van der Waals surface area contributed by atoms with Crippen molar-refractivity contribution in [3.63, 3.8) is 0 Å². The fourth-order valence-corrected chi connectivity index (χ4v) is 17.8. The van der Waals surface area contributed by atoms with Gasteiger partial charge < -0.3 is 126 Å². The van der Waals surface area contributed by atoms with Gasteiger partial charge in [-0.25, -0.2) is 0 Å². The number of likely N-dealkylation sites (N-methyl/N-ethyl adjacent to an activating group) is 2. The maximum absolute atomic E-state index is 15.4. The van der Waals surface area contributed by atoms with Crippen LogP contribution in [0, 0.1) is 46.3 Å². The SMILES string of the molecule is CO[C@H]1OC(=O)[C@H](C)[C@@H](OC2CC(C)(OC)C(O)C(C)O2)[C@H](C)[C@@H](OC2OC(C)CC(N(C)C)C2O)C(C)(C)C[C@@H](C)CN[C@H](C)[C@H]2O[B-]3(O[C@H]12)O[C@@H]1[C@@H](O3)[C@H](OC)OC(=O)[C@@H](C)[C@H](OC2CC(C)(OC)C(O)C(C)O2)[C@@H](C)[C@H](OC2OC(C)CC(N(C)C)C2O)C(C)(C)C[C@H](C)CN[C@H]1C. The second-order valence-corrected chi connectivity index (χ2v) is 33.7. The van der Waals surface area contributed by atoms with Gasteiger partial charge in [0.2, 0.25) is 12.6 Å². The van der Waals surface area contributed by atoms with Crippen molar-refractivity contribution >= 4 is 18.9 Å². The lowest BCUT2D eigenvalue weighted by atomic mass is 9.71. The van der Waals surface area contributed by atoms with Crippen LogP contribution in [0.25, 0.3) is 0 Å². The first kappa shape index (κ1) is 84.7. The highest BCUT2D eigenvalue weighted by Gasteiger charge is 2.62. The number of fused-ring (bicyclic) bond motifs is 2. The molecular formula is C72H132BN4O24-. The fourth-order valence-electron chi connectivity index (χ4n) is 17.8. The average Bonchev–Trinajstić information content (AvgIpc) is 1.60. The normalized spacial score (nSPS) is 49.5. The molecule has 8 fully saturated rings. The van der Waals surface area contributed by atoms with Gasteiger partial charge in [-0.3, -0.25) is 9.59 Å². The van der Waals surface area contributed by atoms with Gasteiger partial charge in [-0.1, -0.05) is 55.4 Å². The Balaban J connectivity index is 1.14. The standard InChI is InChI=1S/C72H132BN4O24/c1-35-29-69(13,14)61(94-65-51(78)47(76(19)20)27-37(3)88-65)39(5)53(92-49-31-71(17,86-25)59(80)45(11)90-49)41(7)63(82)96-67(84-23)57-55(43(9)74-33-35)98-73(100-57)99-56-44(10)75-34-36(2)30-70(15,16)62(95-66-52(79)48(77(21)22)28-38(4)89-66)40(6)54(42(8)64(83)97-68(85-24)58(56)101-73)93-50-32-72(18,87-26)60(81)46(12)91-50/h35-62,65-68,74-75,78-81H,27-34H2,1-26H3/q-1/t35-,36+,37?,38?,39+,40-,41-,42+,43-,44+,45?,46?,47?,48?,49?,50?,51?,52?,53+,54-,55-,56+,57+,58-,59?,60?,61-,62+,65?,66?,67+,68-,71?,72?,73?. The van der Waals surface area contributed by atoms with E-state index in [-0.39, 0.29) is 49.0 Å². The summed E-state index contributed by atoms with van der Waals surface area (Å²) >= 11 is 0. The molecule has 35 atom stereocenters. The lowest BCUT2D eigenvalue weighted by Crippen LogP contribution is -2.59. The van der Waals surface area contributed by atoms with E-state index in [1.54, 1.807) is 41.5 Å². The number of carbonyl (C=O) groups excluding carboxylic acids is 2. The highest BCUT2D eigenvalue weighted by atomic mass is 16.9. The van der Waals surface area contributed by atoms with E-state index < -0.39 is 200 Å². The molecule has 8 heterocycles. The molecule has 0 saturated carbocycles. The quantitative estimate of drug-likeness (QED) is 0.100. The van der Waals surface area contributed by atoms with Crippen molar-refractivity contribution in [2.24, 2.45) is 46.3 Å². The first-order valence-corrected chi connectivity index (χ1v) is 37.2. The van der Waals surface area contributed by atoms with Gasteiger partial charge in [0, 0.05) is 77.3 Å². The molecule has 0 aliphatic carbocycles. The smallest absolute Gasteiger partial charge is 0.513 e. The Morgan fingerprint density at radius 1 is 0.465 bits per heavy atom. The topological polar surface area (TPSA) is 312 Å². The predicted octanol–water partition coefficient (Wildman–Crippen LogP) is 4.85. The van der Waals surface area contributed by atoms with Gasteiger partial charge in [0.1, 0.15) is 36.6 Å². The van der Waals surface area contributed by atoms with Gasteiger partial charge in [0.05, 0.1) is 84.1 Å². The van der Waals surface area contributed by atoms with Crippen LogP contribution < -0.4 is 10.6 Å². The summed E-state index contributed by atoms with van der Waals surface area (Å²) in [5, 5.41) is 54.1. The van der Waals surface area contributed by atoms with Gasteiger partial charge >= 0.3 is 18.9 Å². The summed E-state index contributed by atoms with van der Waals surface area (Å²) in [6.07, 6.45) is -18.3. The number of hydrogen-bond donors (Lipinski definition) is 6. The number of aliphatic hydroxyl groups is 4. The Hall–Kier alpha value is -1.96. The molecule has 0 amide bonds. The molecule has 29 heteroatoms. The van der Waals surface area contributed by atoms with Crippen LogP contribution in [0.4, 0.5) is 0 Å². The van der Waals surface area contributed by atoms with Crippen molar-refractivity contribution in [2.75, 3.05) is 69.7 Å². The molecule has 28 nitrogen and oxygen atoms in total. The van der Waals surface area contributed by atoms with Gasteiger partial charge in [-0.15, -0.1) is 0 Å². The number of methoxy groups -OCH3 is 4. The first-order chi connectivity index (χ1) is 47.1. The van der Waals surface area contributed by atoms with Crippen molar-refractivity contribution in [1.29, 1.82) is 0 Å². The minimum absolute atomic E-state index is 0.0457. The summed E-state index contributed by atoms with van der Waals surface area (Å²) in [4.78, 5) is 34.8. The largest absolute Gasteiger partial charge is 0.532 e. The summed E-state index contributed by atoms with van der Waals surface area (Å²) < 4.78 is 120. The fraction of sp³-hybridized carbons (Fsp3) is 0.972. The molecule has 1 spiro atoms. The summed E-state index contributed by atoms with van der Waals surface area (Å²) in [7, 11) is 13.6. The summed E-state index contributed by atoms with van der Waals surface area (Å²) in [5.41, 5.74) is -3.55. The van der Waals surface area contributed by atoms with Crippen LogP contribution in [-0.4, -0.2) is 290 Å². The molecule has 588 valence electrons. The van der Waals surface area contributed by atoms with Gasteiger partial charge in [0.15, 0.2) is 25.2 Å². The Morgan fingerprint density at radius 2 is 0.802 bits per heavy atom. The lowest BCUT2D eigenvalue weighted by Gasteiger charge is -2.49. The van der Waals surface area contributed by atoms with E-state index >= 15 is 9.59 Å². The molecule has 8 saturated heterocycles. The van der Waals surface area contributed by atoms with Crippen LogP contribution in [0.3, 0.4) is 0 Å². The molecule has 0 radical (unpaired) electrons. The third kappa shape index (κ3) is 19.0. The van der Waals surface area contributed by atoms with Crippen LogP contribution in [0.1, 0.15) is 163 Å². The zero-order chi connectivity index (χ0) is 75.1. The van der Waals surface area contributed by atoms with Gasteiger partial charge in [-0.2, -0.15) is 0 Å². The van der Waals surface area contributed by atoms with Crippen molar-refractivity contribution in [1.82, 2.24) is 20.4 Å². The van der Waals surface area contributed by atoms with Crippen molar-refractivity contribution < 1.29 is 115 Å². The molecule has 0 aromatic heterocycles. The van der Waals surface area contributed by atoms with Gasteiger partial charge in [0.25, 0.3) is 0 Å². The summed E-state index contributed by atoms with van der Waals surface area (Å²) in [6.45, 7) is 32.5. The van der Waals surface area contributed by atoms with E-state index in [2.05, 4.69) is 52.2 Å². The number of rotatable bonds is 14. The third-order valence-corrected chi connectivity index (χ3v) is 23.7. The number of aliphatic hydroxyl groups excluding tert-OH is 4. The van der Waals surface area contributed by atoms with Crippen LogP contribution in [0.5, 0.6) is 0 Å². The van der Waals surface area contributed by atoms with E-state index in [9.17, 15) is 20.4 Å². The third-order valence-electron chi connectivity index (χ3n) is 23.7. The predicted molar refractivity (Wildman–Crippen MR) is 371 cm³/mol. The summed E-state index contributed by atoms with van der Waals surface area (Å²) in [6, 6.07) is -1.67. The van der Waals surface area contributed by atoms with Crippen LogP contribution >= 0.6 is 0 Å². The van der Waals surface area contributed by atoms with E-state index in [0.29, 0.717) is 38.8 Å². The zero-order valence-electron chi connectivity index (χ0n) is 65.6. The van der Waals surface area contributed by atoms with E-state index in [1.165, 1.54) is 28.4 Å². The molecule has 0 aromatic carbocycles. The molecule has 6 N–H and O–H groups in total. The zero-order valence-corrected chi connectivity index (χ0v) is 65.6. The van der Waals surface area contributed by atoms with Crippen LogP contribution in [-0.2, 0) is 94.5 Å². The number of nitrogens with one attached hydrogen (secondary N) is 2. The minimum atomic E-state index is -3.31. The van der Waals surface area contributed by atoms with Crippen molar-refractivity contribution in [3.05, 3.63) is 0 Å². The number of carbonyl (C=O) groups is 2. The second kappa shape index (κ2) is 34.3. The number of ether oxygens (including phenoxy) is 14. The highest BCUT2D eigenvalue weighted by Crippen LogP contribution is 2.48. The minimum Gasteiger partial charge on any atom is -0.513 e. The number of hydrogen-bond acceptors (Lipinski definition) is 28. The maximum Gasteiger partial charge on any atom is 0.532 e. The number of esters is 2. The molecule has 8 aliphatic heterocycles. The average molecular weight is 1450 g/mol. The molecule has 0 aromatic rings. The van der Waals surface area contributed by atoms with E-state index in [0.717, 1.165) is 0 Å². The molecule has 8 aliphatic rings. The van der Waals surface area contributed by atoms with Crippen LogP contribution in [0.15, 0.2) is 0 Å². The van der Waals surface area contributed by atoms with E-state index in [1.807, 2.05) is 79.5 Å².